The van der Waals surface area contributed by atoms with Gasteiger partial charge < -0.3 is 15.5 Å². The summed E-state index contributed by atoms with van der Waals surface area (Å²) in [7, 11) is 3.75. The van der Waals surface area contributed by atoms with Gasteiger partial charge in [0.15, 0.2) is 5.82 Å². The van der Waals surface area contributed by atoms with Crippen molar-refractivity contribution in [3.63, 3.8) is 0 Å². The maximum atomic E-state index is 14.0. The maximum Gasteiger partial charge on any atom is 0.416 e. The zero-order chi connectivity index (χ0) is 31.6. The van der Waals surface area contributed by atoms with Gasteiger partial charge in [-0.25, -0.2) is 14.8 Å². The molecule has 6 rings (SSSR count). The van der Waals surface area contributed by atoms with Crippen LogP contribution in [0.15, 0.2) is 48.7 Å². The van der Waals surface area contributed by atoms with Gasteiger partial charge >= 0.3 is 12.2 Å². The van der Waals surface area contributed by atoms with Crippen molar-refractivity contribution in [2.24, 2.45) is 7.05 Å². The number of piperazine rings is 1. The van der Waals surface area contributed by atoms with Gasteiger partial charge in [-0.05, 0) is 49.7 Å². The molecule has 0 bridgehead atoms. The maximum absolute atomic E-state index is 14.0. The Labute approximate surface area is 260 Å². The molecule has 0 spiro atoms. The minimum absolute atomic E-state index is 0.0463. The second-order valence-electron chi connectivity index (χ2n) is 12.0. The molecular weight excluding hydrogens is 583 g/mol. The van der Waals surface area contributed by atoms with Gasteiger partial charge in [0.1, 0.15) is 0 Å². The lowest BCUT2D eigenvalue weighted by atomic mass is 9.96. The monoisotopic (exact) mass is 621 g/mol. The van der Waals surface area contributed by atoms with E-state index in [0.717, 1.165) is 54.2 Å². The van der Waals surface area contributed by atoms with E-state index < -0.39 is 17.8 Å². The first-order valence-electron chi connectivity index (χ1n) is 15.4. The zero-order valence-corrected chi connectivity index (χ0v) is 25.5. The molecule has 0 atom stereocenters. The number of fused-ring (bicyclic) bond motifs is 1. The Kier molecular flexibility index (Phi) is 8.90. The van der Waals surface area contributed by atoms with Crippen LogP contribution in [-0.4, -0.2) is 74.8 Å². The number of rotatable bonds is 7. The molecule has 2 aromatic heterocycles. The third kappa shape index (κ3) is 7.54. The molecule has 238 valence electrons. The Morgan fingerprint density at radius 2 is 1.73 bits per heavy atom. The predicted molar refractivity (Wildman–Crippen MR) is 169 cm³/mol. The number of halogens is 3. The lowest BCUT2D eigenvalue weighted by Crippen LogP contribution is -2.44. The summed E-state index contributed by atoms with van der Waals surface area (Å²) in [6.07, 6.45) is 3.24. The first kappa shape index (κ1) is 30.8. The third-order valence-corrected chi connectivity index (χ3v) is 8.60. The molecule has 1 aliphatic carbocycles. The summed E-state index contributed by atoms with van der Waals surface area (Å²) >= 11 is 0. The Bertz CT molecular complexity index is 1660. The number of urea groups is 1. The summed E-state index contributed by atoms with van der Waals surface area (Å²) in [4.78, 5) is 26.2. The van der Waals surface area contributed by atoms with E-state index in [9.17, 15) is 18.0 Å². The third-order valence-electron chi connectivity index (χ3n) is 8.60. The molecular formula is C32H38F3N9O. The van der Waals surface area contributed by atoms with E-state index in [2.05, 4.69) is 35.9 Å². The molecule has 4 aromatic rings. The van der Waals surface area contributed by atoms with Crippen LogP contribution in [0.4, 0.5) is 35.4 Å². The van der Waals surface area contributed by atoms with Gasteiger partial charge in [0, 0.05) is 74.7 Å². The highest BCUT2D eigenvalue weighted by atomic mass is 19.4. The smallest absolute Gasteiger partial charge is 0.351 e. The predicted octanol–water partition coefficient (Wildman–Crippen LogP) is 6.19. The molecule has 3 heterocycles. The molecule has 0 radical (unpaired) electrons. The normalized spacial score (nSPS) is 17.0. The molecule has 3 N–H and O–H groups in total. The van der Waals surface area contributed by atoms with Gasteiger partial charge in [0.2, 0.25) is 5.95 Å². The van der Waals surface area contributed by atoms with Crippen LogP contribution < -0.4 is 16.0 Å². The summed E-state index contributed by atoms with van der Waals surface area (Å²) in [6, 6.07) is 11.2. The Morgan fingerprint density at radius 3 is 2.49 bits per heavy atom. The molecule has 1 saturated carbocycles. The van der Waals surface area contributed by atoms with E-state index in [-0.39, 0.29) is 23.6 Å². The Morgan fingerprint density at radius 1 is 0.956 bits per heavy atom. The van der Waals surface area contributed by atoms with Gasteiger partial charge in [-0.15, -0.1) is 0 Å². The first-order chi connectivity index (χ1) is 21.6. The number of anilines is 3. The van der Waals surface area contributed by atoms with E-state index in [1.165, 1.54) is 31.4 Å². The van der Waals surface area contributed by atoms with Gasteiger partial charge in [-0.3, -0.25) is 14.9 Å². The van der Waals surface area contributed by atoms with Gasteiger partial charge in [0.25, 0.3) is 0 Å². The lowest BCUT2D eigenvalue weighted by Gasteiger charge is -2.33. The van der Waals surface area contributed by atoms with E-state index in [0.29, 0.717) is 25.1 Å². The summed E-state index contributed by atoms with van der Waals surface area (Å²) in [5.74, 6) is 0.892. The summed E-state index contributed by atoms with van der Waals surface area (Å²) in [5.41, 5.74) is 1.89. The van der Waals surface area contributed by atoms with Crippen molar-refractivity contribution in [1.29, 1.82) is 0 Å². The first-order valence-corrected chi connectivity index (χ1v) is 15.4. The highest BCUT2D eigenvalue weighted by molar-refractivity contribution is 5.99. The van der Waals surface area contributed by atoms with Crippen molar-refractivity contribution in [2.45, 2.75) is 50.9 Å². The largest absolute Gasteiger partial charge is 0.416 e. The van der Waals surface area contributed by atoms with Crippen LogP contribution >= 0.6 is 0 Å². The lowest BCUT2D eigenvalue weighted by molar-refractivity contribution is -0.138. The van der Waals surface area contributed by atoms with Gasteiger partial charge in [-0.2, -0.15) is 18.3 Å². The fourth-order valence-electron chi connectivity index (χ4n) is 6.07. The SMILES string of the molecule is CN1CCN(Cc2ccc(NC(=O)Nc3cc(-c4ccc5nc(NC6CCCCC6)ncc5c4)n(C)n3)cc2C(F)(F)F)CC1. The van der Waals surface area contributed by atoms with Crippen LogP contribution in [-0.2, 0) is 19.8 Å². The molecule has 2 aliphatic rings. The number of hydrogen-bond donors (Lipinski definition) is 3. The van der Waals surface area contributed by atoms with Crippen LogP contribution in [0.1, 0.15) is 43.2 Å². The number of carbonyl (C=O) groups excluding carboxylic acids is 1. The number of likely N-dealkylation sites (N-methyl/N-ethyl adjacent to an activating group) is 1. The standard InChI is InChI=1S/C32H38F3N9O/c1-42-12-14-44(15-13-42)20-22-8-10-25(17-26(22)32(33,34)35)38-31(45)40-29-18-28(43(2)41-29)21-9-11-27-23(16-21)19-36-30(39-27)37-24-6-4-3-5-7-24/h8-11,16-19,24H,3-7,12-15,20H2,1-2H3,(H,36,37,39)(H2,38,40,41,45). The molecule has 2 amide bonds. The minimum atomic E-state index is -4.55. The number of alkyl halides is 3. The number of nitrogens with one attached hydrogen (secondary N) is 3. The Balaban J connectivity index is 1.12. The van der Waals surface area contributed by atoms with Gasteiger partial charge in [-0.1, -0.05) is 31.4 Å². The highest BCUT2D eigenvalue weighted by Crippen LogP contribution is 2.35. The van der Waals surface area contributed by atoms with Crippen LogP contribution in [0.2, 0.25) is 0 Å². The highest BCUT2D eigenvalue weighted by Gasteiger charge is 2.34. The van der Waals surface area contributed by atoms with Crippen LogP contribution in [0.5, 0.6) is 0 Å². The molecule has 2 fully saturated rings. The molecule has 2 aromatic carbocycles. The number of aryl methyl sites for hydroxylation is 1. The van der Waals surface area contributed by atoms with E-state index in [1.54, 1.807) is 24.0 Å². The number of amides is 2. The van der Waals surface area contributed by atoms with E-state index in [4.69, 9.17) is 0 Å². The van der Waals surface area contributed by atoms with Gasteiger partial charge in [0.05, 0.1) is 16.8 Å². The number of benzene rings is 2. The fourth-order valence-corrected chi connectivity index (χ4v) is 6.07. The number of aromatic nitrogens is 4. The minimum Gasteiger partial charge on any atom is -0.351 e. The molecule has 13 heteroatoms. The number of nitrogens with zero attached hydrogens (tertiary/aromatic N) is 6. The summed E-state index contributed by atoms with van der Waals surface area (Å²) < 4.78 is 43.5. The molecule has 1 saturated heterocycles. The van der Waals surface area contributed by atoms with Crippen molar-refractivity contribution < 1.29 is 18.0 Å². The second kappa shape index (κ2) is 13.0. The van der Waals surface area contributed by atoms with Crippen LogP contribution in [0.3, 0.4) is 0 Å². The average molecular weight is 622 g/mol. The van der Waals surface area contributed by atoms with Crippen LogP contribution in [0.25, 0.3) is 22.2 Å². The average Bonchev–Trinajstić information content (AvgIpc) is 3.38. The fraction of sp³-hybridized carbons (Fsp3) is 0.438. The number of carbonyl (C=O) groups is 1. The number of hydrogen-bond acceptors (Lipinski definition) is 7. The van der Waals surface area contributed by atoms with Crippen LogP contribution in [0, 0.1) is 0 Å². The quantitative estimate of drug-likeness (QED) is 0.226. The van der Waals surface area contributed by atoms with Crippen molar-refractivity contribution in [2.75, 3.05) is 49.2 Å². The summed E-state index contributed by atoms with van der Waals surface area (Å²) in [5, 5.41) is 13.9. The Hall–Kier alpha value is -4.23. The topological polar surface area (TPSA) is 103 Å². The zero-order valence-electron chi connectivity index (χ0n) is 25.5. The van der Waals surface area contributed by atoms with Crippen molar-refractivity contribution in [3.05, 3.63) is 59.8 Å². The van der Waals surface area contributed by atoms with Crippen molar-refractivity contribution in [3.8, 4) is 11.3 Å². The van der Waals surface area contributed by atoms with E-state index in [1.807, 2.05) is 30.1 Å². The van der Waals surface area contributed by atoms with E-state index >= 15 is 0 Å². The molecule has 0 unspecified atom stereocenters. The molecule has 45 heavy (non-hydrogen) atoms. The summed E-state index contributed by atoms with van der Waals surface area (Å²) in [6.45, 7) is 3.22. The van der Waals surface area contributed by atoms with Crippen molar-refractivity contribution >= 4 is 34.4 Å². The molecule has 10 nitrogen and oxygen atoms in total. The second-order valence-corrected chi connectivity index (χ2v) is 12.0. The van der Waals surface area contributed by atoms with Crippen molar-refractivity contribution in [1.82, 2.24) is 29.5 Å². The molecule has 1 aliphatic heterocycles.